The van der Waals surface area contributed by atoms with Gasteiger partial charge in [0.1, 0.15) is 5.70 Å². The molecule has 5 aromatic carbocycles. The number of carbonyl (C=O) groups is 3. The van der Waals surface area contributed by atoms with Crippen LogP contribution >= 0.6 is 35.0 Å². The van der Waals surface area contributed by atoms with Crippen LogP contribution in [0.15, 0.2) is 138 Å². The first-order chi connectivity index (χ1) is 22.2. The van der Waals surface area contributed by atoms with Crippen LogP contribution in [0, 0.1) is 0 Å². The number of amides is 3. The van der Waals surface area contributed by atoms with Gasteiger partial charge in [-0.05, 0) is 78.2 Å². The molecule has 1 unspecified atom stereocenters. The highest BCUT2D eigenvalue weighted by Gasteiger charge is 2.18. The van der Waals surface area contributed by atoms with Gasteiger partial charge in [0, 0.05) is 31.9 Å². The second-order valence-electron chi connectivity index (χ2n) is 10.3. The third-order valence-corrected chi connectivity index (χ3v) is 8.29. The molecule has 5 rings (SSSR count). The van der Waals surface area contributed by atoms with Gasteiger partial charge in [0.25, 0.3) is 11.8 Å². The molecule has 3 N–H and O–H groups in total. The summed E-state index contributed by atoms with van der Waals surface area (Å²) in [5, 5.41) is 8.86. The SMILES string of the molecule is CC(Sc1cccc(NC(=O)/C(=C\c2ccc(-c3ccccc3)cc2)NC(=O)c2ccccc2)c1)C(=O)Nc1cc(Cl)cc(Cl)c1. The van der Waals surface area contributed by atoms with Crippen molar-refractivity contribution in [2.75, 3.05) is 10.6 Å². The zero-order chi connectivity index (χ0) is 32.5. The average molecular weight is 667 g/mol. The third kappa shape index (κ3) is 9.11. The van der Waals surface area contributed by atoms with E-state index in [1.54, 1.807) is 73.7 Å². The van der Waals surface area contributed by atoms with Crippen molar-refractivity contribution in [2.24, 2.45) is 0 Å². The van der Waals surface area contributed by atoms with Crippen molar-refractivity contribution < 1.29 is 14.4 Å². The highest BCUT2D eigenvalue weighted by Crippen LogP contribution is 2.28. The van der Waals surface area contributed by atoms with E-state index < -0.39 is 17.1 Å². The highest BCUT2D eigenvalue weighted by molar-refractivity contribution is 8.00. The Kier molecular flexibility index (Phi) is 10.9. The molecule has 9 heteroatoms. The number of benzene rings is 5. The Bertz CT molecular complexity index is 1860. The first-order valence-electron chi connectivity index (χ1n) is 14.3. The van der Waals surface area contributed by atoms with Crippen LogP contribution in [0.3, 0.4) is 0 Å². The molecule has 0 fully saturated rings. The standard InChI is InChI=1S/C37H29Cl2N3O3S/c1-24(35(43)41-32-21-29(38)20-30(39)22-32)46-33-14-8-13-31(23-33)40-37(45)34(42-36(44)28-11-6-3-7-12-28)19-25-15-17-27(18-16-25)26-9-4-2-5-10-26/h2-24H,1H3,(H,40,45)(H,41,43)(H,42,44)/b34-19+. The van der Waals surface area contributed by atoms with Crippen LogP contribution in [-0.4, -0.2) is 23.0 Å². The van der Waals surface area contributed by atoms with Gasteiger partial charge in [-0.1, -0.05) is 102 Å². The summed E-state index contributed by atoms with van der Waals surface area (Å²) < 4.78 is 0. The minimum atomic E-state index is -0.498. The summed E-state index contributed by atoms with van der Waals surface area (Å²) in [5.41, 5.74) is 4.35. The summed E-state index contributed by atoms with van der Waals surface area (Å²) in [4.78, 5) is 40.3. The predicted molar refractivity (Wildman–Crippen MR) is 189 cm³/mol. The van der Waals surface area contributed by atoms with Crippen LogP contribution in [-0.2, 0) is 9.59 Å². The van der Waals surface area contributed by atoms with Gasteiger partial charge in [-0.3, -0.25) is 14.4 Å². The van der Waals surface area contributed by atoms with E-state index in [0.29, 0.717) is 27.0 Å². The molecule has 0 radical (unpaired) electrons. The average Bonchev–Trinajstić information content (AvgIpc) is 3.05. The molecule has 3 amide bonds. The molecule has 0 saturated carbocycles. The van der Waals surface area contributed by atoms with Crippen LogP contribution in [0.5, 0.6) is 0 Å². The molecule has 0 spiro atoms. The number of hydrogen-bond donors (Lipinski definition) is 3. The fourth-order valence-corrected chi connectivity index (χ4v) is 5.94. The summed E-state index contributed by atoms with van der Waals surface area (Å²) in [6.07, 6.45) is 1.64. The monoisotopic (exact) mass is 665 g/mol. The summed E-state index contributed by atoms with van der Waals surface area (Å²) in [6, 6.07) is 38.4. The Morgan fingerprint density at radius 1 is 0.674 bits per heavy atom. The number of carbonyl (C=O) groups excluding carboxylic acids is 3. The van der Waals surface area contributed by atoms with E-state index in [9.17, 15) is 14.4 Å². The van der Waals surface area contributed by atoms with Crippen molar-refractivity contribution >= 4 is 70.1 Å². The van der Waals surface area contributed by atoms with Crippen molar-refractivity contribution in [2.45, 2.75) is 17.1 Å². The Morgan fingerprint density at radius 3 is 1.98 bits per heavy atom. The molecule has 6 nitrogen and oxygen atoms in total. The van der Waals surface area contributed by atoms with Crippen LogP contribution in [0.2, 0.25) is 10.0 Å². The Morgan fingerprint density at radius 2 is 1.30 bits per heavy atom. The fraction of sp³-hybridized carbons (Fsp3) is 0.0541. The molecule has 0 heterocycles. The Balaban J connectivity index is 1.31. The highest BCUT2D eigenvalue weighted by atomic mass is 35.5. The van der Waals surface area contributed by atoms with Gasteiger partial charge in [0.15, 0.2) is 0 Å². The lowest BCUT2D eigenvalue weighted by Gasteiger charge is -2.14. The van der Waals surface area contributed by atoms with Gasteiger partial charge >= 0.3 is 0 Å². The summed E-state index contributed by atoms with van der Waals surface area (Å²) in [5.74, 6) is -1.14. The first-order valence-corrected chi connectivity index (χ1v) is 16.0. The van der Waals surface area contributed by atoms with Gasteiger partial charge in [-0.2, -0.15) is 0 Å². The molecule has 1 atom stereocenters. The molecule has 0 aliphatic rings. The van der Waals surface area contributed by atoms with E-state index in [4.69, 9.17) is 23.2 Å². The largest absolute Gasteiger partial charge is 0.325 e. The van der Waals surface area contributed by atoms with Gasteiger partial charge in [-0.15, -0.1) is 11.8 Å². The number of hydrogen-bond acceptors (Lipinski definition) is 4. The van der Waals surface area contributed by atoms with Crippen molar-refractivity contribution in [3.63, 3.8) is 0 Å². The maximum atomic E-state index is 13.6. The maximum Gasteiger partial charge on any atom is 0.272 e. The molecule has 0 aliphatic heterocycles. The lowest BCUT2D eigenvalue weighted by Crippen LogP contribution is -2.30. The molecule has 230 valence electrons. The van der Waals surface area contributed by atoms with Gasteiger partial charge < -0.3 is 16.0 Å². The van der Waals surface area contributed by atoms with Crippen LogP contribution in [0.4, 0.5) is 11.4 Å². The maximum absolute atomic E-state index is 13.6. The number of rotatable bonds is 10. The predicted octanol–water partition coefficient (Wildman–Crippen LogP) is 9.19. The normalized spacial score (nSPS) is 11.8. The van der Waals surface area contributed by atoms with E-state index in [1.165, 1.54) is 11.8 Å². The van der Waals surface area contributed by atoms with E-state index in [0.717, 1.165) is 21.6 Å². The lowest BCUT2D eigenvalue weighted by molar-refractivity contribution is -0.115. The summed E-state index contributed by atoms with van der Waals surface area (Å²) in [6.45, 7) is 1.78. The quantitative estimate of drug-likeness (QED) is 0.103. The molecule has 46 heavy (non-hydrogen) atoms. The number of halogens is 2. The lowest BCUT2D eigenvalue weighted by atomic mass is 10.0. The van der Waals surface area contributed by atoms with Gasteiger partial charge in [-0.25, -0.2) is 0 Å². The van der Waals surface area contributed by atoms with E-state index >= 15 is 0 Å². The molecule has 0 bridgehead atoms. The zero-order valence-electron chi connectivity index (χ0n) is 24.7. The van der Waals surface area contributed by atoms with E-state index in [2.05, 4.69) is 16.0 Å². The first kappa shape index (κ1) is 32.6. The smallest absolute Gasteiger partial charge is 0.272 e. The van der Waals surface area contributed by atoms with Crippen molar-refractivity contribution in [1.82, 2.24) is 5.32 Å². The molecule has 0 aliphatic carbocycles. The number of nitrogens with one attached hydrogen (secondary N) is 3. The molecule has 0 saturated heterocycles. The number of anilines is 2. The van der Waals surface area contributed by atoms with Gasteiger partial charge in [0.2, 0.25) is 5.91 Å². The number of thioether (sulfide) groups is 1. The molecule has 5 aromatic rings. The minimum absolute atomic E-state index is 0.0762. The molecular weight excluding hydrogens is 637 g/mol. The van der Waals surface area contributed by atoms with Gasteiger partial charge in [0.05, 0.1) is 5.25 Å². The molecule has 0 aromatic heterocycles. The Labute approximate surface area is 281 Å². The van der Waals surface area contributed by atoms with Crippen LogP contribution in [0.25, 0.3) is 17.2 Å². The van der Waals surface area contributed by atoms with Crippen LogP contribution < -0.4 is 16.0 Å². The topological polar surface area (TPSA) is 87.3 Å². The molecular formula is C37H29Cl2N3O3S. The van der Waals surface area contributed by atoms with Crippen molar-refractivity contribution in [3.05, 3.63) is 154 Å². The minimum Gasteiger partial charge on any atom is -0.325 e. The van der Waals surface area contributed by atoms with Crippen molar-refractivity contribution in [3.8, 4) is 11.1 Å². The van der Waals surface area contributed by atoms with E-state index in [1.807, 2.05) is 66.7 Å². The summed E-state index contributed by atoms with van der Waals surface area (Å²) >= 11 is 13.4. The van der Waals surface area contributed by atoms with E-state index in [-0.39, 0.29) is 11.6 Å². The second kappa shape index (κ2) is 15.5. The fourth-order valence-electron chi connectivity index (χ4n) is 4.48. The third-order valence-electron chi connectivity index (χ3n) is 6.76. The second-order valence-corrected chi connectivity index (χ2v) is 12.5. The Hall–Kier alpha value is -4.82. The summed E-state index contributed by atoms with van der Waals surface area (Å²) in [7, 11) is 0. The van der Waals surface area contributed by atoms with Crippen LogP contribution in [0.1, 0.15) is 22.8 Å². The zero-order valence-corrected chi connectivity index (χ0v) is 27.0. The van der Waals surface area contributed by atoms with Crippen molar-refractivity contribution in [1.29, 1.82) is 0 Å².